The summed E-state index contributed by atoms with van der Waals surface area (Å²) in [6, 6.07) is 10.9. The summed E-state index contributed by atoms with van der Waals surface area (Å²) in [7, 11) is 3.09. The van der Waals surface area contributed by atoms with Crippen LogP contribution in [0.5, 0.6) is 5.75 Å². The highest BCUT2D eigenvalue weighted by atomic mass is 35.5. The van der Waals surface area contributed by atoms with Gasteiger partial charge in [0, 0.05) is 18.6 Å². The Morgan fingerprint density at radius 1 is 1.19 bits per heavy atom. The van der Waals surface area contributed by atoms with Crippen LogP contribution in [0.2, 0.25) is 5.02 Å². The average Bonchev–Trinajstić information content (AvgIpc) is 3.03. The van der Waals surface area contributed by atoms with Crippen LogP contribution >= 0.6 is 23.4 Å². The number of aryl methyl sites for hydroxylation is 2. The van der Waals surface area contributed by atoms with Gasteiger partial charge in [-0.3, -0.25) is 14.5 Å². The number of nitrogens with zero attached hydrogens (tertiary/aromatic N) is 2. The number of amides is 2. The Hall–Kier alpha value is -2.55. The minimum atomic E-state index is -0.581. The second-order valence-electron chi connectivity index (χ2n) is 7.35. The SMILES string of the molecule is COCCN1C(=O)C(CC(=O)Nc2cc(Cl)ccc2OC)SC1=Nc1ccc(C)c(C)c1. The largest absolute Gasteiger partial charge is 0.495 e. The molecular weight excluding hydrogens is 450 g/mol. The third-order valence-corrected chi connectivity index (χ3v) is 6.47. The molecule has 32 heavy (non-hydrogen) atoms. The predicted molar refractivity (Wildman–Crippen MR) is 129 cm³/mol. The maximum atomic E-state index is 13.0. The monoisotopic (exact) mass is 475 g/mol. The van der Waals surface area contributed by atoms with E-state index < -0.39 is 5.25 Å². The van der Waals surface area contributed by atoms with Crippen LogP contribution in [-0.2, 0) is 14.3 Å². The number of anilines is 1. The molecule has 1 saturated heterocycles. The molecule has 0 aromatic heterocycles. The molecule has 0 bridgehead atoms. The Labute approximate surface area is 197 Å². The molecule has 2 aromatic rings. The molecule has 170 valence electrons. The average molecular weight is 476 g/mol. The molecule has 3 rings (SSSR count). The second kappa shape index (κ2) is 10.8. The van der Waals surface area contributed by atoms with Gasteiger partial charge in [-0.25, -0.2) is 4.99 Å². The van der Waals surface area contributed by atoms with E-state index in [1.54, 1.807) is 30.2 Å². The Morgan fingerprint density at radius 3 is 2.66 bits per heavy atom. The van der Waals surface area contributed by atoms with Gasteiger partial charge in [0.2, 0.25) is 11.8 Å². The van der Waals surface area contributed by atoms with Crippen molar-refractivity contribution in [3.05, 3.63) is 52.5 Å². The summed E-state index contributed by atoms with van der Waals surface area (Å²) in [5.74, 6) is 0.0187. The molecule has 2 aromatic carbocycles. The molecule has 1 unspecified atom stereocenters. The molecule has 1 N–H and O–H groups in total. The zero-order chi connectivity index (χ0) is 23.3. The van der Waals surface area contributed by atoms with Crippen molar-refractivity contribution in [3.63, 3.8) is 0 Å². The quantitative estimate of drug-likeness (QED) is 0.604. The normalized spacial score (nSPS) is 17.2. The fourth-order valence-corrected chi connectivity index (χ4v) is 4.52. The predicted octanol–water partition coefficient (Wildman–Crippen LogP) is 4.57. The van der Waals surface area contributed by atoms with Crippen molar-refractivity contribution in [2.45, 2.75) is 25.5 Å². The van der Waals surface area contributed by atoms with Crippen LogP contribution < -0.4 is 10.1 Å². The molecule has 0 aliphatic carbocycles. The number of hydrogen-bond acceptors (Lipinski definition) is 6. The number of rotatable bonds is 8. The number of methoxy groups -OCH3 is 2. The minimum Gasteiger partial charge on any atom is -0.495 e. The lowest BCUT2D eigenvalue weighted by Crippen LogP contribution is -2.35. The van der Waals surface area contributed by atoms with Gasteiger partial charge >= 0.3 is 0 Å². The highest BCUT2D eigenvalue weighted by Crippen LogP contribution is 2.33. The number of nitrogens with one attached hydrogen (secondary N) is 1. The fourth-order valence-electron chi connectivity index (χ4n) is 3.17. The molecule has 1 fully saturated rings. The number of halogens is 1. The van der Waals surface area contributed by atoms with Crippen LogP contribution in [0.1, 0.15) is 17.5 Å². The van der Waals surface area contributed by atoms with Crippen molar-refractivity contribution in [1.82, 2.24) is 4.90 Å². The number of amidine groups is 1. The Morgan fingerprint density at radius 2 is 1.97 bits per heavy atom. The van der Waals surface area contributed by atoms with E-state index in [0.29, 0.717) is 34.8 Å². The Kier molecular flexibility index (Phi) is 8.17. The number of thioether (sulfide) groups is 1. The summed E-state index contributed by atoms with van der Waals surface area (Å²) in [6.07, 6.45) is -0.00536. The summed E-state index contributed by atoms with van der Waals surface area (Å²) < 4.78 is 10.4. The molecule has 0 radical (unpaired) electrons. The lowest BCUT2D eigenvalue weighted by atomic mass is 10.1. The van der Waals surface area contributed by atoms with Crippen molar-refractivity contribution in [2.24, 2.45) is 4.99 Å². The molecule has 1 aliphatic heterocycles. The lowest BCUT2D eigenvalue weighted by molar-refractivity contribution is -0.128. The van der Waals surface area contributed by atoms with Crippen LogP contribution in [0.25, 0.3) is 0 Å². The van der Waals surface area contributed by atoms with E-state index in [9.17, 15) is 9.59 Å². The van der Waals surface area contributed by atoms with Crippen molar-refractivity contribution in [2.75, 3.05) is 32.7 Å². The third kappa shape index (κ3) is 5.82. The van der Waals surface area contributed by atoms with E-state index >= 15 is 0 Å². The summed E-state index contributed by atoms with van der Waals surface area (Å²) in [5, 5.41) is 3.24. The number of benzene rings is 2. The zero-order valence-electron chi connectivity index (χ0n) is 18.5. The highest BCUT2D eigenvalue weighted by molar-refractivity contribution is 8.15. The van der Waals surface area contributed by atoms with E-state index in [1.807, 2.05) is 32.0 Å². The summed E-state index contributed by atoms with van der Waals surface area (Å²) in [5.41, 5.74) is 3.52. The van der Waals surface area contributed by atoms with Crippen LogP contribution in [0, 0.1) is 13.8 Å². The number of hydrogen-bond donors (Lipinski definition) is 1. The summed E-state index contributed by atoms with van der Waals surface area (Å²) in [6.45, 7) is 4.80. The molecule has 1 heterocycles. The van der Waals surface area contributed by atoms with Crippen molar-refractivity contribution < 1.29 is 19.1 Å². The van der Waals surface area contributed by atoms with E-state index in [1.165, 1.54) is 24.4 Å². The molecule has 2 amide bonds. The van der Waals surface area contributed by atoms with E-state index in [2.05, 4.69) is 10.3 Å². The standard InChI is InChI=1S/C23H26ClN3O4S/c1-14-5-7-17(11-15(14)2)25-23-27(9-10-30-3)22(29)20(32-23)13-21(28)26-18-12-16(24)6-8-19(18)31-4/h5-8,11-12,20H,9-10,13H2,1-4H3,(H,26,28). The van der Waals surface area contributed by atoms with Gasteiger partial charge in [0.05, 0.1) is 31.6 Å². The first-order chi connectivity index (χ1) is 15.3. The maximum absolute atomic E-state index is 13.0. The van der Waals surface area contributed by atoms with E-state index in [0.717, 1.165) is 11.3 Å². The summed E-state index contributed by atoms with van der Waals surface area (Å²) in [4.78, 5) is 32.0. The Bertz CT molecular complexity index is 1040. The molecule has 7 nitrogen and oxygen atoms in total. The van der Waals surface area contributed by atoms with Crippen LogP contribution in [0.4, 0.5) is 11.4 Å². The fraction of sp³-hybridized carbons (Fsp3) is 0.348. The smallest absolute Gasteiger partial charge is 0.242 e. The molecule has 1 atom stereocenters. The minimum absolute atomic E-state index is 0.00536. The zero-order valence-corrected chi connectivity index (χ0v) is 20.0. The molecule has 0 saturated carbocycles. The number of carbonyl (C=O) groups excluding carboxylic acids is 2. The second-order valence-corrected chi connectivity index (χ2v) is 8.96. The van der Waals surface area contributed by atoms with Crippen LogP contribution in [-0.4, -0.2) is 54.5 Å². The number of ether oxygens (including phenoxy) is 2. The van der Waals surface area contributed by atoms with E-state index in [4.69, 9.17) is 21.1 Å². The maximum Gasteiger partial charge on any atom is 0.242 e. The first-order valence-electron chi connectivity index (χ1n) is 10.1. The van der Waals surface area contributed by atoms with Crippen LogP contribution in [0.3, 0.4) is 0 Å². The van der Waals surface area contributed by atoms with Gasteiger partial charge in [0.25, 0.3) is 0 Å². The molecular formula is C23H26ClN3O4S. The molecule has 1 aliphatic rings. The first-order valence-corrected chi connectivity index (χ1v) is 11.3. The van der Waals surface area contributed by atoms with Gasteiger partial charge in [-0.1, -0.05) is 29.4 Å². The third-order valence-electron chi connectivity index (χ3n) is 5.06. The van der Waals surface area contributed by atoms with Gasteiger partial charge in [0.1, 0.15) is 11.0 Å². The van der Waals surface area contributed by atoms with Gasteiger partial charge < -0.3 is 14.8 Å². The van der Waals surface area contributed by atoms with Gasteiger partial charge in [-0.05, 0) is 55.3 Å². The lowest BCUT2D eigenvalue weighted by Gasteiger charge is -2.16. The number of aliphatic imine (C=N–C) groups is 1. The van der Waals surface area contributed by atoms with Gasteiger partial charge in [-0.2, -0.15) is 0 Å². The van der Waals surface area contributed by atoms with Crippen LogP contribution in [0.15, 0.2) is 41.4 Å². The van der Waals surface area contributed by atoms with E-state index in [-0.39, 0.29) is 18.2 Å². The van der Waals surface area contributed by atoms with Gasteiger partial charge in [0.15, 0.2) is 5.17 Å². The van der Waals surface area contributed by atoms with Crippen molar-refractivity contribution in [3.8, 4) is 5.75 Å². The Balaban J connectivity index is 1.77. The van der Waals surface area contributed by atoms with Gasteiger partial charge in [-0.15, -0.1) is 0 Å². The summed E-state index contributed by atoms with van der Waals surface area (Å²) >= 11 is 7.32. The molecule has 9 heteroatoms. The molecule has 0 spiro atoms. The van der Waals surface area contributed by atoms with Crippen molar-refractivity contribution in [1.29, 1.82) is 0 Å². The number of carbonyl (C=O) groups is 2. The first kappa shape index (κ1) is 24.1. The topological polar surface area (TPSA) is 80.2 Å². The van der Waals surface area contributed by atoms with Crippen molar-refractivity contribution >= 4 is 51.7 Å². The highest BCUT2D eigenvalue weighted by Gasteiger charge is 2.39.